The smallest absolute Gasteiger partial charge is 0.259 e. The minimum Gasteiger partial charge on any atom is -0.259 e. The lowest BCUT2D eigenvalue weighted by Crippen LogP contribution is -2.11. The second kappa shape index (κ2) is 7.86. The van der Waals surface area contributed by atoms with Gasteiger partial charge < -0.3 is 0 Å². The summed E-state index contributed by atoms with van der Waals surface area (Å²) in [5.74, 6) is -0.0330. The van der Waals surface area contributed by atoms with Crippen molar-refractivity contribution in [3.63, 3.8) is 0 Å². The van der Waals surface area contributed by atoms with Crippen LogP contribution in [0.1, 0.15) is 22.5 Å². The largest absolute Gasteiger partial charge is 0.416 e. The molecule has 32 heavy (non-hydrogen) atoms. The van der Waals surface area contributed by atoms with Crippen molar-refractivity contribution in [2.75, 3.05) is 0 Å². The molecular formula is C18H10F6N8. The van der Waals surface area contributed by atoms with Gasteiger partial charge in [-0.1, -0.05) is 0 Å². The first-order chi connectivity index (χ1) is 15.1. The summed E-state index contributed by atoms with van der Waals surface area (Å²) in [6.07, 6.45) is -1.93. The third kappa shape index (κ3) is 4.48. The zero-order chi connectivity index (χ0) is 22.9. The van der Waals surface area contributed by atoms with E-state index < -0.39 is 29.0 Å². The summed E-state index contributed by atoms with van der Waals surface area (Å²) < 4.78 is 79.9. The van der Waals surface area contributed by atoms with E-state index in [2.05, 4.69) is 35.2 Å². The number of halogens is 6. The average molecular weight is 452 g/mol. The predicted molar refractivity (Wildman–Crippen MR) is 97.1 cm³/mol. The molecule has 0 saturated heterocycles. The van der Waals surface area contributed by atoms with Gasteiger partial charge in [0.1, 0.15) is 19.0 Å². The van der Waals surface area contributed by atoms with Gasteiger partial charge in [-0.05, 0) is 18.2 Å². The molecule has 1 aromatic carbocycles. The first kappa shape index (κ1) is 21.1. The zero-order valence-corrected chi connectivity index (χ0v) is 15.6. The van der Waals surface area contributed by atoms with Gasteiger partial charge in [0.05, 0.1) is 11.1 Å². The molecular weight excluding hydrogens is 442 g/mol. The van der Waals surface area contributed by atoms with Crippen LogP contribution in [0.2, 0.25) is 0 Å². The lowest BCUT2D eigenvalue weighted by atomic mass is 10.0. The van der Waals surface area contributed by atoms with E-state index in [0.717, 1.165) is 11.0 Å². The SMILES string of the molecule is FC(F)(F)c1cc(-c2ncn(/C=C(\c3cncnc3)c3ncn[nH]3)n2)cc(C(F)(F)F)c1. The number of benzene rings is 1. The molecule has 0 unspecified atom stereocenters. The maximum Gasteiger partial charge on any atom is 0.416 e. The van der Waals surface area contributed by atoms with E-state index >= 15 is 0 Å². The Morgan fingerprint density at radius 1 is 0.875 bits per heavy atom. The van der Waals surface area contributed by atoms with Crippen molar-refractivity contribution >= 4 is 11.8 Å². The van der Waals surface area contributed by atoms with Crippen LogP contribution < -0.4 is 0 Å². The lowest BCUT2D eigenvalue weighted by Gasteiger charge is -2.13. The van der Waals surface area contributed by atoms with Gasteiger partial charge in [0.2, 0.25) is 0 Å². The highest BCUT2D eigenvalue weighted by atomic mass is 19.4. The van der Waals surface area contributed by atoms with Crippen LogP contribution in [0, 0.1) is 0 Å². The lowest BCUT2D eigenvalue weighted by molar-refractivity contribution is -0.143. The number of hydrogen-bond donors (Lipinski definition) is 1. The van der Waals surface area contributed by atoms with Gasteiger partial charge >= 0.3 is 12.4 Å². The Hall–Kier alpha value is -4.10. The Labute approximate surface area is 174 Å². The molecule has 0 aliphatic heterocycles. The molecule has 0 fully saturated rings. The standard InChI is InChI=1S/C18H10F6N8/c19-17(20,21)12-1-10(2-13(3-12)18(22,23)24)15-28-9-32(31-15)6-14(16-27-8-29-30-16)11-4-25-7-26-5-11/h1-9H,(H,27,29,30)/b14-6+. The van der Waals surface area contributed by atoms with Crippen LogP contribution in [0.3, 0.4) is 0 Å². The van der Waals surface area contributed by atoms with E-state index in [0.29, 0.717) is 29.1 Å². The van der Waals surface area contributed by atoms with Crippen molar-refractivity contribution in [1.82, 2.24) is 39.9 Å². The molecule has 0 radical (unpaired) electrons. The highest BCUT2D eigenvalue weighted by Gasteiger charge is 2.37. The fraction of sp³-hybridized carbons (Fsp3) is 0.111. The summed E-state index contributed by atoms with van der Waals surface area (Å²) in [5.41, 5.74) is -2.46. The Kier molecular flexibility index (Phi) is 5.20. The van der Waals surface area contributed by atoms with Gasteiger partial charge in [0, 0.05) is 35.3 Å². The maximum absolute atomic E-state index is 13.1. The number of aromatic nitrogens is 8. The summed E-state index contributed by atoms with van der Waals surface area (Å²) in [6, 6.07) is 1.15. The second-order valence-electron chi connectivity index (χ2n) is 6.35. The summed E-state index contributed by atoms with van der Waals surface area (Å²) in [5, 5.41) is 10.4. The zero-order valence-electron chi connectivity index (χ0n) is 15.6. The highest BCUT2D eigenvalue weighted by Crippen LogP contribution is 2.38. The molecule has 3 aromatic heterocycles. The molecule has 4 aromatic rings. The number of aromatic amines is 1. The van der Waals surface area contributed by atoms with Crippen LogP contribution in [0.15, 0.2) is 49.6 Å². The van der Waals surface area contributed by atoms with E-state index in [-0.39, 0.29) is 11.9 Å². The minimum absolute atomic E-state index is 0.0395. The third-order valence-electron chi connectivity index (χ3n) is 4.16. The van der Waals surface area contributed by atoms with Crippen LogP contribution in [0.4, 0.5) is 26.3 Å². The molecule has 0 amide bonds. The topological polar surface area (TPSA) is 98.1 Å². The van der Waals surface area contributed by atoms with Gasteiger partial charge in [-0.25, -0.2) is 24.6 Å². The number of rotatable bonds is 4. The van der Waals surface area contributed by atoms with E-state index in [1.165, 1.54) is 31.2 Å². The van der Waals surface area contributed by atoms with Crippen molar-refractivity contribution in [1.29, 1.82) is 0 Å². The van der Waals surface area contributed by atoms with Gasteiger partial charge in [-0.15, -0.1) is 5.10 Å². The molecule has 0 aliphatic carbocycles. The van der Waals surface area contributed by atoms with E-state index in [1.54, 1.807) is 0 Å². The number of nitrogens with zero attached hydrogens (tertiary/aromatic N) is 7. The Morgan fingerprint density at radius 2 is 1.53 bits per heavy atom. The summed E-state index contributed by atoms with van der Waals surface area (Å²) in [4.78, 5) is 15.7. The summed E-state index contributed by atoms with van der Waals surface area (Å²) >= 11 is 0. The quantitative estimate of drug-likeness (QED) is 0.471. The summed E-state index contributed by atoms with van der Waals surface area (Å²) in [7, 11) is 0. The highest BCUT2D eigenvalue weighted by molar-refractivity contribution is 5.83. The molecule has 0 aliphatic rings. The Morgan fingerprint density at radius 3 is 2.09 bits per heavy atom. The summed E-state index contributed by atoms with van der Waals surface area (Å²) in [6.45, 7) is 0. The number of nitrogens with one attached hydrogen (secondary N) is 1. The fourth-order valence-corrected chi connectivity index (χ4v) is 2.73. The van der Waals surface area contributed by atoms with Gasteiger partial charge in [-0.3, -0.25) is 5.10 Å². The van der Waals surface area contributed by atoms with Gasteiger partial charge in [0.25, 0.3) is 0 Å². The third-order valence-corrected chi connectivity index (χ3v) is 4.16. The number of H-pyrrole nitrogens is 1. The van der Waals surface area contributed by atoms with Crippen molar-refractivity contribution in [2.45, 2.75) is 12.4 Å². The molecule has 3 heterocycles. The molecule has 164 valence electrons. The van der Waals surface area contributed by atoms with Crippen LogP contribution in [-0.4, -0.2) is 39.9 Å². The average Bonchev–Trinajstić information content (AvgIpc) is 3.43. The molecule has 0 spiro atoms. The molecule has 0 bridgehead atoms. The van der Waals surface area contributed by atoms with E-state index in [1.807, 2.05) is 0 Å². The molecule has 14 heteroatoms. The first-order valence-corrected chi connectivity index (χ1v) is 8.65. The van der Waals surface area contributed by atoms with Crippen molar-refractivity contribution in [2.24, 2.45) is 0 Å². The molecule has 0 saturated carbocycles. The van der Waals surface area contributed by atoms with E-state index in [4.69, 9.17) is 0 Å². The van der Waals surface area contributed by atoms with Crippen LogP contribution in [0.25, 0.3) is 23.2 Å². The normalized spacial score (nSPS) is 12.9. The molecule has 8 nitrogen and oxygen atoms in total. The minimum atomic E-state index is -4.98. The number of alkyl halides is 6. The van der Waals surface area contributed by atoms with E-state index in [9.17, 15) is 26.3 Å². The van der Waals surface area contributed by atoms with Gasteiger partial charge in [-0.2, -0.15) is 31.4 Å². The monoisotopic (exact) mass is 452 g/mol. The van der Waals surface area contributed by atoms with Crippen LogP contribution >= 0.6 is 0 Å². The molecule has 0 atom stereocenters. The molecule has 1 N–H and O–H groups in total. The van der Waals surface area contributed by atoms with Gasteiger partial charge in [0.15, 0.2) is 11.6 Å². The van der Waals surface area contributed by atoms with Crippen molar-refractivity contribution in [3.05, 3.63) is 72.1 Å². The van der Waals surface area contributed by atoms with Crippen molar-refractivity contribution in [3.8, 4) is 11.4 Å². The number of hydrogen-bond acceptors (Lipinski definition) is 6. The predicted octanol–water partition coefficient (Wildman–Crippen LogP) is 3.94. The Bertz CT molecular complexity index is 1210. The van der Waals surface area contributed by atoms with Crippen LogP contribution in [0.5, 0.6) is 0 Å². The second-order valence-corrected chi connectivity index (χ2v) is 6.35. The van der Waals surface area contributed by atoms with Crippen LogP contribution in [-0.2, 0) is 12.4 Å². The molecule has 4 rings (SSSR count). The fourth-order valence-electron chi connectivity index (χ4n) is 2.73. The van der Waals surface area contributed by atoms with Crippen molar-refractivity contribution < 1.29 is 26.3 Å². The maximum atomic E-state index is 13.1. The first-order valence-electron chi connectivity index (χ1n) is 8.65. The Balaban J connectivity index is 1.78.